The normalized spacial score (nSPS) is 18.1. The summed E-state index contributed by atoms with van der Waals surface area (Å²) in [6, 6.07) is 4.06. The highest BCUT2D eigenvalue weighted by Crippen LogP contribution is 2.23. The van der Waals surface area contributed by atoms with Crippen LogP contribution in [0.15, 0.2) is 18.2 Å². The standard InChI is InChI=1S/C14H16FNO4/c1-20-12-3-2-10(7-11(12)15)14(19)16-5-4-9(8-16)6-13(17)18/h2-3,7,9H,4-6,8H2,1H3,(H,17,18). The van der Waals surface area contributed by atoms with Crippen LogP contribution in [0.2, 0.25) is 0 Å². The van der Waals surface area contributed by atoms with Crippen molar-refractivity contribution in [3.63, 3.8) is 0 Å². The van der Waals surface area contributed by atoms with Crippen LogP contribution in [0.25, 0.3) is 0 Å². The lowest BCUT2D eigenvalue weighted by Crippen LogP contribution is -2.29. The molecule has 1 saturated heterocycles. The third-order valence-corrected chi connectivity index (χ3v) is 3.44. The number of rotatable bonds is 4. The first-order valence-electron chi connectivity index (χ1n) is 6.36. The van der Waals surface area contributed by atoms with E-state index in [1.165, 1.54) is 19.2 Å². The van der Waals surface area contributed by atoms with E-state index in [4.69, 9.17) is 9.84 Å². The Bertz CT molecular complexity index is 532. The fraction of sp³-hybridized carbons (Fsp3) is 0.429. The van der Waals surface area contributed by atoms with E-state index < -0.39 is 11.8 Å². The van der Waals surface area contributed by atoms with Gasteiger partial charge in [0.1, 0.15) is 0 Å². The van der Waals surface area contributed by atoms with Gasteiger partial charge in [-0.25, -0.2) is 4.39 Å². The minimum Gasteiger partial charge on any atom is -0.494 e. The number of aliphatic carboxylic acids is 1. The predicted octanol–water partition coefficient (Wildman–Crippen LogP) is 1.77. The van der Waals surface area contributed by atoms with E-state index in [-0.39, 0.29) is 29.6 Å². The maximum Gasteiger partial charge on any atom is 0.303 e. The Hall–Kier alpha value is -2.11. The molecule has 1 aliphatic rings. The lowest BCUT2D eigenvalue weighted by molar-refractivity contribution is -0.138. The number of carbonyl (C=O) groups excluding carboxylic acids is 1. The van der Waals surface area contributed by atoms with Crippen LogP contribution in [0.5, 0.6) is 5.75 Å². The third kappa shape index (κ3) is 3.07. The van der Waals surface area contributed by atoms with Gasteiger partial charge in [-0.3, -0.25) is 9.59 Å². The fourth-order valence-electron chi connectivity index (χ4n) is 2.41. The van der Waals surface area contributed by atoms with Gasteiger partial charge in [-0.05, 0) is 30.5 Å². The van der Waals surface area contributed by atoms with Crippen LogP contribution >= 0.6 is 0 Å². The smallest absolute Gasteiger partial charge is 0.303 e. The van der Waals surface area contributed by atoms with Crippen LogP contribution in [0.3, 0.4) is 0 Å². The monoisotopic (exact) mass is 281 g/mol. The molecule has 1 unspecified atom stereocenters. The molecule has 20 heavy (non-hydrogen) atoms. The number of carboxylic acids is 1. The van der Waals surface area contributed by atoms with E-state index >= 15 is 0 Å². The number of carboxylic acid groups (broad SMARTS) is 1. The van der Waals surface area contributed by atoms with E-state index in [1.54, 1.807) is 4.90 Å². The van der Waals surface area contributed by atoms with Crippen molar-refractivity contribution in [2.75, 3.05) is 20.2 Å². The number of nitrogens with zero attached hydrogens (tertiary/aromatic N) is 1. The highest BCUT2D eigenvalue weighted by Gasteiger charge is 2.28. The van der Waals surface area contributed by atoms with Gasteiger partial charge in [0.05, 0.1) is 7.11 Å². The van der Waals surface area contributed by atoms with Gasteiger partial charge in [-0.15, -0.1) is 0 Å². The van der Waals surface area contributed by atoms with Gasteiger partial charge in [0.15, 0.2) is 11.6 Å². The highest BCUT2D eigenvalue weighted by molar-refractivity contribution is 5.94. The Morgan fingerprint density at radius 3 is 2.85 bits per heavy atom. The maximum absolute atomic E-state index is 13.6. The van der Waals surface area contributed by atoms with E-state index in [0.717, 1.165) is 6.07 Å². The highest BCUT2D eigenvalue weighted by atomic mass is 19.1. The molecule has 1 fully saturated rings. The van der Waals surface area contributed by atoms with Crippen LogP contribution in [0.4, 0.5) is 4.39 Å². The van der Waals surface area contributed by atoms with Crippen molar-refractivity contribution in [1.29, 1.82) is 0 Å². The molecule has 0 saturated carbocycles. The largest absolute Gasteiger partial charge is 0.494 e. The molecule has 0 radical (unpaired) electrons. The van der Waals surface area contributed by atoms with E-state index in [9.17, 15) is 14.0 Å². The van der Waals surface area contributed by atoms with Crippen molar-refractivity contribution in [2.45, 2.75) is 12.8 Å². The third-order valence-electron chi connectivity index (χ3n) is 3.44. The van der Waals surface area contributed by atoms with Crippen LogP contribution < -0.4 is 4.74 Å². The number of hydrogen-bond donors (Lipinski definition) is 1. The second kappa shape index (κ2) is 5.90. The Morgan fingerprint density at radius 2 is 2.25 bits per heavy atom. The predicted molar refractivity (Wildman–Crippen MR) is 69.2 cm³/mol. The van der Waals surface area contributed by atoms with Crippen molar-refractivity contribution < 1.29 is 23.8 Å². The topological polar surface area (TPSA) is 66.8 Å². The molecule has 1 aromatic carbocycles. The summed E-state index contributed by atoms with van der Waals surface area (Å²) in [5.74, 6) is -1.66. The maximum atomic E-state index is 13.6. The second-order valence-corrected chi connectivity index (χ2v) is 4.85. The summed E-state index contributed by atoms with van der Waals surface area (Å²) >= 11 is 0. The molecule has 1 amide bonds. The molecular formula is C14H16FNO4. The lowest BCUT2D eigenvalue weighted by atomic mass is 10.1. The molecular weight excluding hydrogens is 265 g/mol. The number of hydrogen-bond acceptors (Lipinski definition) is 3. The van der Waals surface area contributed by atoms with Crippen LogP contribution in [0, 0.1) is 11.7 Å². The van der Waals surface area contributed by atoms with Crippen LogP contribution in [0.1, 0.15) is 23.2 Å². The molecule has 0 aliphatic carbocycles. The molecule has 5 nitrogen and oxygen atoms in total. The summed E-state index contributed by atoms with van der Waals surface area (Å²) in [6.45, 7) is 0.906. The number of halogens is 1. The van der Waals surface area contributed by atoms with Crippen molar-refractivity contribution in [3.05, 3.63) is 29.6 Å². The molecule has 1 N–H and O–H groups in total. The fourth-order valence-corrected chi connectivity index (χ4v) is 2.41. The Labute approximate surface area is 116 Å². The van der Waals surface area contributed by atoms with Gasteiger partial charge in [0, 0.05) is 25.1 Å². The van der Waals surface area contributed by atoms with Crippen LogP contribution in [-0.2, 0) is 4.79 Å². The molecule has 0 bridgehead atoms. The zero-order valence-electron chi connectivity index (χ0n) is 11.1. The number of ether oxygens (including phenoxy) is 1. The summed E-state index contributed by atoms with van der Waals surface area (Å²) in [7, 11) is 1.36. The van der Waals surface area contributed by atoms with Crippen molar-refractivity contribution in [3.8, 4) is 5.75 Å². The number of likely N-dealkylation sites (tertiary alicyclic amines) is 1. The van der Waals surface area contributed by atoms with E-state index in [1.807, 2.05) is 0 Å². The molecule has 1 heterocycles. The average molecular weight is 281 g/mol. The number of benzene rings is 1. The first kappa shape index (κ1) is 14.3. The SMILES string of the molecule is COc1ccc(C(=O)N2CCC(CC(=O)O)C2)cc1F. The van der Waals surface area contributed by atoms with Gasteiger partial charge >= 0.3 is 5.97 Å². The Balaban J connectivity index is 2.05. The number of methoxy groups -OCH3 is 1. The molecule has 6 heteroatoms. The van der Waals surface area contributed by atoms with Crippen molar-refractivity contribution in [1.82, 2.24) is 4.90 Å². The number of carbonyl (C=O) groups is 2. The van der Waals surface area contributed by atoms with Gasteiger partial charge in [0.2, 0.25) is 0 Å². The van der Waals surface area contributed by atoms with Crippen molar-refractivity contribution in [2.24, 2.45) is 5.92 Å². The summed E-state index contributed by atoms with van der Waals surface area (Å²) in [6.07, 6.45) is 0.720. The lowest BCUT2D eigenvalue weighted by Gasteiger charge is -2.16. The molecule has 0 aromatic heterocycles. The zero-order valence-corrected chi connectivity index (χ0v) is 11.1. The van der Waals surface area contributed by atoms with Gasteiger partial charge in [0.25, 0.3) is 5.91 Å². The molecule has 108 valence electrons. The van der Waals surface area contributed by atoms with E-state index in [2.05, 4.69) is 0 Å². The van der Waals surface area contributed by atoms with Gasteiger partial charge < -0.3 is 14.7 Å². The molecule has 1 atom stereocenters. The average Bonchev–Trinajstić information content (AvgIpc) is 2.85. The molecule has 0 spiro atoms. The summed E-state index contributed by atoms with van der Waals surface area (Å²) in [5.41, 5.74) is 0.249. The van der Waals surface area contributed by atoms with Gasteiger partial charge in [-0.2, -0.15) is 0 Å². The summed E-state index contributed by atoms with van der Waals surface area (Å²) in [4.78, 5) is 24.4. The first-order chi connectivity index (χ1) is 9.51. The van der Waals surface area contributed by atoms with Gasteiger partial charge in [-0.1, -0.05) is 0 Å². The van der Waals surface area contributed by atoms with E-state index in [0.29, 0.717) is 19.5 Å². The summed E-state index contributed by atoms with van der Waals surface area (Å²) in [5, 5.41) is 8.74. The minimum atomic E-state index is -0.861. The summed E-state index contributed by atoms with van der Waals surface area (Å²) < 4.78 is 18.4. The Kier molecular flexibility index (Phi) is 4.22. The second-order valence-electron chi connectivity index (χ2n) is 4.85. The minimum absolute atomic E-state index is 0.0282. The zero-order chi connectivity index (χ0) is 14.7. The molecule has 1 aliphatic heterocycles. The quantitative estimate of drug-likeness (QED) is 0.913. The Morgan fingerprint density at radius 1 is 1.50 bits per heavy atom. The molecule has 2 rings (SSSR count). The first-order valence-corrected chi connectivity index (χ1v) is 6.36. The van der Waals surface area contributed by atoms with Crippen LogP contribution in [-0.4, -0.2) is 42.1 Å². The molecule has 1 aromatic rings. The van der Waals surface area contributed by atoms with Crippen molar-refractivity contribution >= 4 is 11.9 Å². The number of amides is 1.